The highest BCUT2D eigenvalue weighted by atomic mass is 16.5. The highest BCUT2D eigenvalue weighted by Gasteiger charge is 2.19. The Morgan fingerprint density at radius 3 is 2.58 bits per heavy atom. The van der Waals surface area contributed by atoms with E-state index < -0.39 is 0 Å². The average Bonchev–Trinajstić information content (AvgIpc) is 2.68. The number of carbonyl (C=O) groups excluding carboxylic acids is 1. The zero-order chi connectivity index (χ0) is 18.7. The minimum Gasteiger partial charge on any atom is -0.496 e. The second kappa shape index (κ2) is 7.44. The summed E-state index contributed by atoms with van der Waals surface area (Å²) < 4.78 is 7.27. The summed E-state index contributed by atoms with van der Waals surface area (Å²) >= 11 is 0. The Morgan fingerprint density at radius 2 is 1.85 bits per heavy atom. The Morgan fingerprint density at radius 1 is 1.15 bits per heavy atom. The van der Waals surface area contributed by atoms with E-state index in [1.54, 1.807) is 19.4 Å². The lowest BCUT2D eigenvalue weighted by Gasteiger charge is -2.18. The van der Waals surface area contributed by atoms with Crippen LogP contribution in [0.1, 0.15) is 35.8 Å². The topological polar surface area (TPSA) is 60.3 Å². The van der Waals surface area contributed by atoms with Gasteiger partial charge in [-0.3, -0.25) is 9.59 Å². The number of benzene rings is 2. The van der Waals surface area contributed by atoms with Crippen LogP contribution in [0.25, 0.3) is 10.9 Å². The van der Waals surface area contributed by atoms with Crippen LogP contribution in [0.3, 0.4) is 0 Å². The molecule has 0 aliphatic heterocycles. The maximum atomic E-state index is 12.8. The summed E-state index contributed by atoms with van der Waals surface area (Å²) in [7, 11) is 1.59. The van der Waals surface area contributed by atoms with Crippen molar-refractivity contribution in [3.8, 4) is 5.75 Å². The number of para-hydroxylation sites is 2. The van der Waals surface area contributed by atoms with E-state index in [-0.39, 0.29) is 22.9 Å². The number of nitrogens with zero attached hydrogens (tertiary/aromatic N) is 1. The fourth-order valence-corrected chi connectivity index (χ4v) is 3.14. The summed E-state index contributed by atoms with van der Waals surface area (Å²) in [6, 6.07) is 14.6. The summed E-state index contributed by atoms with van der Waals surface area (Å²) in [6.45, 7) is 4.52. The Labute approximate surface area is 152 Å². The van der Waals surface area contributed by atoms with E-state index in [1.165, 1.54) is 0 Å². The van der Waals surface area contributed by atoms with Crippen molar-refractivity contribution in [2.75, 3.05) is 7.11 Å². The van der Waals surface area contributed by atoms with E-state index in [0.717, 1.165) is 11.1 Å². The van der Waals surface area contributed by atoms with E-state index in [1.807, 2.05) is 60.9 Å². The van der Waals surface area contributed by atoms with Crippen molar-refractivity contribution in [2.24, 2.45) is 0 Å². The van der Waals surface area contributed by atoms with Crippen molar-refractivity contribution in [2.45, 2.75) is 26.4 Å². The molecule has 1 amide bonds. The zero-order valence-electron chi connectivity index (χ0n) is 15.2. The average molecular weight is 350 g/mol. The van der Waals surface area contributed by atoms with Crippen LogP contribution in [0.2, 0.25) is 0 Å². The monoisotopic (exact) mass is 350 g/mol. The molecule has 1 atom stereocenters. The van der Waals surface area contributed by atoms with E-state index in [9.17, 15) is 9.59 Å². The van der Waals surface area contributed by atoms with Crippen LogP contribution in [-0.4, -0.2) is 17.6 Å². The number of carbonyl (C=O) groups is 1. The minimum atomic E-state index is -0.388. The number of hydrogen-bond donors (Lipinski definition) is 1. The molecule has 26 heavy (non-hydrogen) atoms. The molecule has 0 saturated heterocycles. The van der Waals surface area contributed by atoms with Gasteiger partial charge in [-0.1, -0.05) is 30.3 Å². The van der Waals surface area contributed by atoms with Crippen molar-refractivity contribution in [1.82, 2.24) is 9.88 Å². The van der Waals surface area contributed by atoms with Crippen LogP contribution >= 0.6 is 0 Å². The van der Waals surface area contributed by atoms with Gasteiger partial charge in [-0.2, -0.15) is 0 Å². The van der Waals surface area contributed by atoms with Gasteiger partial charge in [-0.25, -0.2) is 0 Å². The zero-order valence-corrected chi connectivity index (χ0v) is 15.2. The molecule has 5 heteroatoms. The van der Waals surface area contributed by atoms with Gasteiger partial charge in [0.25, 0.3) is 5.91 Å². The molecule has 3 aromatic rings. The van der Waals surface area contributed by atoms with Crippen molar-refractivity contribution >= 4 is 16.8 Å². The molecule has 0 spiro atoms. The van der Waals surface area contributed by atoms with Gasteiger partial charge in [-0.15, -0.1) is 0 Å². The summed E-state index contributed by atoms with van der Waals surface area (Å²) in [5.41, 5.74) is 1.58. The van der Waals surface area contributed by atoms with Gasteiger partial charge in [0.1, 0.15) is 11.3 Å². The SMILES string of the molecule is CCn1cc(C(=O)NC(C)c2ccccc2OC)c(=O)c2ccccc21. The van der Waals surface area contributed by atoms with E-state index in [4.69, 9.17) is 4.74 Å². The molecule has 134 valence electrons. The second-order valence-corrected chi connectivity index (χ2v) is 6.11. The predicted octanol–water partition coefficient (Wildman–Crippen LogP) is 3.52. The summed E-state index contributed by atoms with van der Waals surface area (Å²) in [6.07, 6.45) is 1.63. The summed E-state index contributed by atoms with van der Waals surface area (Å²) in [4.78, 5) is 25.6. The third kappa shape index (κ3) is 3.20. The van der Waals surface area contributed by atoms with Gasteiger partial charge in [0.05, 0.1) is 18.7 Å². The molecule has 0 aliphatic carbocycles. The normalized spacial score (nSPS) is 12.0. The van der Waals surface area contributed by atoms with Gasteiger partial charge in [0.2, 0.25) is 5.43 Å². The standard InChI is InChI=1S/C21H22N2O3/c1-4-23-13-17(20(24)16-10-5-7-11-18(16)23)21(25)22-14(2)15-9-6-8-12-19(15)26-3/h5-14H,4H2,1-3H3,(H,22,25). The smallest absolute Gasteiger partial charge is 0.257 e. The fourth-order valence-electron chi connectivity index (χ4n) is 3.14. The van der Waals surface area contributed by atoms with Gasteiger partial charge in [0.15, 0.2) is 0 Å². The number of amides is 1. The minimum absolute atomic E-state index is 0.146. The molecule has 0 fully saturated rings. The quantitative estimate of drug-likeness (QED) is 0.766. The lowest BCUT2D eigenvalue weighted by molar-refractivity contribution is 0.0938. The second-order valence-electron chi connectivity index (χ2n) is 6.11. The third-order valence-electron chi connectivity index (χ3n) is 4.53. The Bertz CT molecular complexity index is 1010. The maximum absolute atomic E-state index is 12.8. The summed E-state index contributed by atoms with van der Waals surface area (Å²) in [5, 5.41) is 3.46. The van der Waals surface area contributed by atoms with Crippen LogP contribution in [0, 0.1) is 0 Å². The number of pyridine rings is 1. The first kappa shape index (κ1) is 17.7. The van der Waals surface area contributed by atoms with Crippen molar-refractivity contribution in [1.29, 1.82) is 0 Å². The Balaban J connectivity index is 1.98. The molecule has 1 unspecified atom stereocenters. The molecule has 0 radical (unpaired) electrons. The molecule has 0 bridgehead atoms. The maximum Gasteiger partial charge on any atom is 0.257 e. The van der Waals surface area contributed by atoms with Gasteiger partial charge in [-0.05, 0) is 32.0 Å². The van der Waals surface area contributed by atoms with Crippen LogP contribution < -0.4 is 15.5 Å². The number of aryl methyl sites for hydroxylation is 1. The molecular weight excluding hydrogens is 328 g/mol. The Hall–Kier alpha value is -3.08. The largest absolute Gasteiger partial charge is 0.496 e. The number of fused-ring (bicyclic) bond motifs is 1. The van der Waals surface area contributed by atoms with Crippen molar-refractivity contribution in [3.63, 3.8) is 0 Å². The van der Waals surface area contributed by atoms with Crippen molar-refractivity contribution in [3.05, 3.63) is 76.1 Å². The van der Waals surface area contributed by atoms with Gasteiger partial charge >= 0.3 is 0 Å². The lowest BCUT2D eigenvalue weighted by atomic mass is 10.1. The van der Waals surface area contributed by atoms with Crippen LogP contribution in [-0.2, 0) is 6.54 Å². The molecule has 1 aromatic heterocycles. The number of methoxy groups -OCH3 is 1. The fraction of sp³-hybridized carbons (Fsp3) is 0.238. The first-order chi connectivity index (χ1) is 12.6. The number of hydrogen-bond acceptors (Lipinski definition) is 3. The molecule has 3 rings (SSSR count). The molecule has 1 N–H and O–H groups in total. The van der Waals surface area contributed by atoms with Crippen LogP contribution in [0.15, 0.2) is 59.5 Å². The molecule has 0 saturated carbocycles. The van der Waals surface area contributed by atoms with E-state index in [0.29, 0.717) is 17.7 Å². The third-order valence-corrected chi connectivity index (χ3v) is 4.53. The first-order valence-electron chi connectivity index (χ1n) is 8.62. The van der Waals surface area contributed by atoms with E-state index in [2.05, 4.69) is 5.32 Å². The molecular formula is C21H22N2O3. The predicted molar refractivity (Wildman–Crippen MR) is 103 cm³/mol. The highest BCUT2D eigenvalue weighted by Crippen LogP contribution is 2.24. The van der Waals surface area contributed by atoms with Gasteiger partial charge in [0, 0.05) is 23.7 Å². The molecule has 0 aliphatic rings. The van der Waals surface area contributed by atoms with Crippen LogP contribution in [0.5, 0.6) is 5.75 Å². The van der Waals surface area contributed by atoms with Crippen molar-refractivity contribution < 1.29 is 9.53 Å². The highest BCUT2D eigenvalue weighted by molar-refractivity contribution is 5.97. The number of ether oxygens (including phenoxy) is 1. The molecule has 5 nitrogen and oxygen atoms in total. The summed E-state index contributed by atoms with van der Waals surface area (Å²) in [5.74, 6) is 0.311. The van der Waals surface area contributed by atoms with E-state index >= 15 is 0 Å². The van der Waals surface area contributed by atoms with Gasteiger partial charge < -0.3 is 14.6 Å². The molecule has 1 heterocycles. The van der Waals surface area contributed by atoms with Crippen LogP contribution in [0.4, 0.5) is 0 Å². The number of rotatable bonds is 5. The molecule has 2 aromatic carbocycles. The Kier molecular flexibility index (Phi) is 5.07. The number of nitrogens with one attached hydrogen (secondary N) is 1. The lowest BCUT2D eigenvalue weighted by Crippen LogP contribution is -2.32. The number of aromatic nitrogens is 1. The first-order valence-corrected chi connectivity index (χ1v) is 8.62.